The Morgan fingerprint density at radius 3 is 2.00 bits per heavy atom. The van der Waals surface area contributed by atoms with E-state index < -0.39 is 35.1 Å². The fourth-order valence-electron chi connectivity index (χ4n) is 4.85. The Morgan fingerprint density at radius 1 is 0.946 bits per heavy atom. The van der Waals surface area contributed by atoms with E-state index in [9.17, 15) is 31.1 Å². The molecule has 37 heavy (non-hydrogen) atoms. The molecule has 12 heteroatoms. The lowest BCUT2D eigenvalue weighted by Gasteiger charge is -2.46. The van der Waals surface area contributed by atoms with Crippen LogP contribution in [0.2, 0.25) is 0 Å². The van der Waals surface area contributed by atoms with Crippen LogP contribution in [-0.2, 0) is 27.4 Å². The molecule has 2 aliphatic rings. The second-order valence-corrected chi connectivity index (χ2v) is 9.42. The first-order valence-corrected chi connectivity index (χ1v) is 11.3. The summed E-state index contributed by atoms with van der Waals surface area (Å²) in [7, 11) is 0. The van der Waals surface area contributed by atoms with Crippen molar-refractivity contribution in [1.82, 2.24) is 10.6 Å². The Morgan fingerprint density at radius 2 is 1.54 bits per heavy atom. The molecule has 0 radical (unpaired) electrons. The summed E-state index contributed by atoms with van der Waals surface area (Å²) in [5.41, 5.74) is -3.11. The van der Waals surface area contributed by atoms with Gasteiger partial charge in [0.1, 0.15) is 0 Å². The molecule has 2 aromatic carbocycles. The lowest BCUT2D eigenvalue weighted by molar-refractivity contribution is -0.143. The highest BCUT2D eigenvalue weighted by Gasteiger charge is 2.47. The molecule has 2 aliphatic heterocycles. The average molecular weight is 555 g/mol. The van der Waals surface area contributed by atoms with E-state index in [2.05, 4.69) is 10.6 Å². The lowest BCUT2D eigenvalue weighted by Crippen LogP contribution is -2.61. The largest absolute Gasteiger partial charge is 0.416 e. The van der Waals surface area contributed by atoms with E-state index >= 15 is 0 Å². The monoisotopic (exact) mass is 554 g/mol. The number of amides is 1. The lowest BCUT2D eigenvalue weighted by atomic mass is 9.76. The number of ether oxygens (including phenoxy) is 1. The van der Waals surface area contributed by atoms with Crippen LogP contribution in [0.4, 0.5) is 26.3 Å². The summed E-state index contributed by atoms with van der Waals surface area (Å²) < 4.78 is 85.6. The predicted octanol–water partition coefficient (Wildman–Crippen LogP) is 5.33. The highest BCUT2D eigenvalue weighted by molar-refractivity contribution is 5.85. The van der Waals surface area contributed by atoms with E-state index in [0.29, 0.717) is 44.4 Å². The Labute approximate surface area is 216 Å². The van der Waals surface area contributed by atoms with Crippen LogP contribution in [0, 0.1) is 0 Å². The van der Waals surface area contributed by atoms with Gasteiger partial charge in [-0.15, -0.1) is 12.4 Å². The zero-order valence-electron chi connectivity index (χ0n) is 19.9. The topological polar surface area (TPSA) is 81.9 Å². The summed E-state index contributed by atoms with van der Waals surface area (Å²) >= 11 is 0. The Balaban J connectivity index is 0.00000241. The molecule has 4 N–H and O–H groups in total. The third kappa shape index (κ3) is 6.76. The minimum Gasteiger partial charge on any atom is -0.412 e. The molecule has 206 valence electrons. The van der Waals surface area contributed by atoms with Gasteiger partial charge in [-0.05, 0) is 55.5 Å². The molecule has 5 nitrogen and oxygen atoms in total. The Kier molecular flexibility index (Phi) is 9.33. The van der Waals surface area contributed by atoms with Crippen molar-refractivity contribution in [1.29, 1.82) is 0 Å². The highest BCUT2D eigenvalue weighted by Crippen LogP contribution is 2.40. The second kappa shape index (κ2) is 11.2. The van der Waals surface area contributed by atoms with Crippen LogP contribution in [0.5, 0.6) is 0 Å². The van der Waals surface area contributed by atoms with Crippen molar-refractivity contribution in [3.8, 4) is 0 Å². The number of carbonyl (C=O) groups excluding carboxylic acids is 1. The maximum absolute atomic E-state index is 13.3. The van der Waals surface area contributed by atoms with E-state index in [1.165, 1.54) is 6.92 Å². The first-order chi connectivity index (χ1) is 16.3. The first kappa shape index (κ1) is 30.9. The summed E-state index contributed by atoms with van der Waals surface area (Å²) in [6.07, 6.45) is -8.49. The van der Waals surface area contributed by atoms with Crippen molar-refractivity contribution in [3.05, 3.63) is 70.8 Å². The summed E-state index contributed by atoms with van der Waals surface area (Å²) in [6, 6.07) is 10.9. The summed E-state index contributed by atoms with van der Waals surface area (Å²) in [5.74, 6) is -0.00565. The van der Waals surface area contributed by atoms with E-state index in [1.54, 1.807) is 0 Å². The van der Waals surface area contributed by atoms with Crippen LogP contribution in [0.15, 0.2) is 48.5 Å². The van der Waals surface area contributed by atoms with Crippen molar-refractivity contribution in [2.24, 2.45) is 0 Å². The summed E-state index contributed by atoms with van der Waals surface area (Å²) in [5, 5.41) is 6.52. The number of rotatable bonds is 5. The van der Waals surface area contributed by atoms with Gasteiger partial charge in [0.2, 0.25) is 5.91 Å². The highest BCUT2D eigenvalue weighted by atomic mass is 35.5. The average Bonchev–Trinajstić information content (AvgIpc) is 3.18. The van der Waals surface area contributed by atoms with Crippen molar-refractivity contribution in [2.75, 3.05) is 13.2 Å². The quantitative estimate of drug-likeness (QED) is 0.490. The summed E-state index contributed by atoms with van der Waals surface area (Å²) in [4.78, 5) is 11.8. The van der Waals surface area contributed by atoms with E-state index in [-0.39, 0.29) is 47.6 Å². The SMILES string of the molecule is CC(OCC1(c2ccccc2)CCC2(CCC(=O)N2)CN1)c1cc(C(F)(F)F)cc(C(F)(F)F)c1.Cl.O. The fourth-order valence-corrected chi connectivity index (χ4v) is 4.85. The summed E-state index contributed by atoms with van der Waals surface area (Å²) in [6.45, 7) is 1.95. The van der Waals surface area contributed by atoms with E-state index in [0.717, 1.165) is 5.56 Å². The van der Waals surface area contributed by atoms with Gasteiger partial charge < -0.3 is 20.8 Å². The molecule has 0 bridgehead atoms. The smallest absolute Gasteiger partial charge is 0.412 e. The van der Waals surface area contributed by atoms with Crippen molar-refractivity contribution >= 4 is 18.3 Å². The van der Waals surface area contributed by atoms with Gasteiger partial charge >= 0.3 is 12.4 Å². The van der Waals surface area contributed by atoms with Crippen molar-refractivity contribution in [3.63, 3.8) is 0 Å². The zero-order valence-corrected chi connectivity index (χ0v) is 20.7. The van der Waals surface area contributed by atoms with Crippen LogP contribution in [0.25, 0.3) is 0 Å². The number of piperidine rings is 1. The number of carbonyl (C=O) groups is 1. The molecule has 3 atom stereocenters. The van der Waals surface area contributed by atoms with Crippen LogP contribution in [0.3, 0.4) is 0 Å². The molecule has 1 amide bonds. The molecule has 0 aromatic heterocycles. The van der Waals surface area contributed by atoms with Crippen molar-refractivity contribution < 1.29 is 41.4 Å². The Hall–Kier alpha value is -2.34. The third-order valence-electron chi connectivity index (χ3n) is 7.02. The van der Waals surface area contributed by atoms with Crippen LogP contribution < -0.4 is 10.6 Å². The van der Waals surface area contributed by atoms with E-state index in [4.69, 9.17) is 4.74 Å². The number of benzene rings is 2. The molecular weight excluding hydrogens is 526 g/mol. The number of hydrogen-bond acceptors (Lipinski definition) is 3. The van der Waals surface area contributed by atoms with Gasteiger partial charge in [-0.3, -0.25) is 4.79 Å². The predicted molar refractivity (Wildman–Crippen MR) is 127 cm³/mol. The number of halogens is 7. The minimum absolute atomic E-state index is 0. The maximum Gasteiger partial charge on any atom is 0.416 e. The molecule has 2 saturated heterocycles. The molecule has 2 heterocycles. The van der Waals surface area contributed by atoms with Gasteiger partial charge in [0.25, 0.3) is 0 Å². The van der Waals surface area contributed by atoms with Gasteiger partial charge in [-0.2, -0.15) is 26.3 Å². The first-order valence-electron chi connectivity index (χ1n) is 11.3. The fraction of sp³-hybridized carbons (Fsp3) is 0.480. The molecule has 3 unspecified atom stereocenters. The van der Waals surface area contributed by atoms with Gasteiger partial charge in [-0.25, -0.2) is 0 Å². The van der Waals surface area contributed by atoms with Gasteiger partial charge in [0.05, 0.1) is 34.9 Å². The van der Waals surface area contributed by atoms with E-state index in [1.807, 2.05) is 30.3 Å². The molecular formula is C25H29ClF6N2O3. The molecule has 0 aliphatic carbocycles. The second-order valence-electron chi connectivity index (χ2n) is 9.42. The minimum atomic E-state index is -4.92. The molecule has 2 aromatic rings. The normalized spacial score (nSPS) is 24.7. The number of alkyl halides is 6. The van der Waals surface area contributed by atoms with Gasteiger partial charge in [0.15, 0.2) is 0 Å². The third-order valence-corrected chi connectivity index (χ3v) is 7.02. The Bertz CT molecular complexity index is 1040. The standard InChI is InChI=1S/C25H26F6N2O2.ClH.H2O/c1-16(17-11-19(24(26,27)28)13-20(12-17)25(29,30)31)35-15-23(18-5-3-2-4-6-18)10-9-22(14-32-23)8-7-21(34)33-22;;/h2-6,11-13,16,32H,7-10,14-15H2,1H3,(H,33,34);1H;1H2. The zero-order chi connectivity index (χ0) is 25.5. The molecule has 1 spiro atoms. The molecule has 2 fully saturated rings. The van der Waals surface area contributed by atoms with Crippen LogP contribution in [-0.4, -0.2) is 30.1 Å². The number of nitrogens with one attached hydrogen (secondary N) is 2. The van der Waals surface area contributed by atoms with Crippen LogP contribution >= 0.6 is 12.4 Å². The maximum atomic E-state index is 13.3. The van der Waals surface area contributed by atoms with Crippen molar-refractivity contribution in [2.45, 2.75) is 62.1 Å². The van der Waals surface area contributed by atoms with Gasteiger partial charge in [0, 0.05) is 13.0 Å². The molecule has 0 saturated carbocycles. The van der Waals surface area contributed by atoms with Crippen LogP contribution in [0.1, 0.15) is 61.0 Å². The molecule has 4 rings (SSSR count). The van der Waals surface area contributed by atoms with Gasteiger partial charge in [-0.1, -0.05) is 30.3 Å². The number of hydrogen-bond donors (Lipinski definition) is 2.